The minimum atomic E-state index is -0.0484. The molecule has 1 fully saturated rings. The Morgan fingerprint density at radius 3 is 2.77 bits per heavy atom. The maximum Gasteiger partial charge on any atom is 0.255 e. The Morgan fingerprint density at radius 2 is 2.09 bits per heavy atom. The fraction of sp³-hybridized carbons (Fsp3) is 0.647. The van der Waals surface area contributed by atoms with Crippen LogP contribution in [0.5, 0.6) is 0 Å². The number of hydrogen-bond acceptors (Lipinski definition) is 3. The van der Waals surface area contributed by atoms with E-state index in [9.17, 15) is 4.79 Å². The standard InChI is InChI=1S/C17H26ClN3O/c1-3-11-21(2)16-14(9-10-15(18)20-16)17(22)19-12-13-7-5-4-6-8-13/h9-10,13H,3-8,11-12H2,1-2H3,(H,19,22). The average Bonchev–Trinajstić information content (AvgIpc) is 2.53. The molecule has 0 bridgehead atoms. The largest absolute Gasteiger partial charge is 0.359 e. The molecular formula is C17H26ClN3O. The van der Waals surface area contributed by atoms with Crippen LogP contribution in [0, 0.1) is 5.92 Å². The van der Waals surface area contributed by atoms with Crippen LogP contribution in [0.25, 0.3) is 0 Å². The van der Waals surface area contributed by atoms with Gasteiger partial charge < -0.3 is 10.2 Å². The van der Waals surface area contributed by atoms with Crippen LogP contribution in [-0.4, -0.2) is 31.0 Å². The first-order valence-electron chi connectivity index (χ1n) is 8.27. The zero-order chi connectivity index (χ0) is 15.9. The van der Waals surface area contributed by atoms with Crippen molar-refractivity contribution < 1.29 is 4.79 Å². The summed E-state index contributed by atoms with van der Waals surface area (Å²) in [6, 6.07) is 3.45. The number of pyridine rings is 1. The third-order valence-corrected chi connectivity index (χ3v) is 4.49. The van der Waals surface area contributed by atoms with Crippen molar-refractivity contribution in [3.8, 4) is 0 Å². The summed E-state index contributed by atoms with van der Waals surface area (Å²) < 4.78 is 0. The molecule has 0 aromatic carbocycles. The highest BCUT2D eigenvalue weighted by Crippen LogP contribution is 2.24. The second-order valence-corrected chi connectivity index (χ2v) is 6.53. The summed E-state index contributed by atoms with van der Waals surface area (Å²) in [7, 11) is 1.94. The third-order valence-electron chi connectivity index (χ3n) is 4.28. The van der Waals surface area contributed by atoms with E-state index in [2.05, 4.69) is 17.2 Å². The van der Waals surface area contributed by atoms with E-state index in [1.165, 1.54) is 32.1 Å². The van der Waals surface area contributed by atoms with E-state index >= 15 is 0 Å². The fourth-order valence-corrected chi connectivity index (χ4v) is 3.20. The molecule has 1 saturated carbocycles. The van der Waals surface area contributed by atoms with E-state index in [0.29, 0.717) is 22.5 Å². The van der Waals surface area contributed by atoms with Crippen molar-refractivity contribution in [3.63, 3.8) is 0 Å². The average molecular weight is 324 g/mol. The minimum Gasteiger partial charge on any atom is -0.359 e. The van der Waals surface area contributed by atoms with Gasteiger partial charge in [-0.25, -0.2) is 4.98 Å². The van der Waals surface area contributed by atoms with Gasteiger partial charge in [-0.15, -0.1) is 0 Å². The Kier molecular flexibility index (Phi) is 6.49. The van der Waals surface area contributed by atoms with Gasteiger partial charge in [-0.05, 0) is 37.3 Å². The van der Waals surface area contributed by atoms with Crippen LogP contribution in [-0.2, 0) is 0 Å². The number of hydrogen-bond donors (Lipinski definition) is 1. The lowest BCUT2D eigenvalue weighted by Crippen LogP contribution is -2.32. The summed E-state index contributed by atoms with van der Waals surface area (Å²) in [5.41, 5.74) is 0.608. The SMILES string of the molecule is CCCN(C)c1nc(Cl)ccc1C(=O)NCC1CCCCC1. The Balaban J connectivity index is 2.04. The molecule has 5 heteroatoms. The van der Waals surface area contributed by atoms with Crippen molar-refractivity contribution in [1.29, 1.82) is 0 Å². The van der Waals surface area contributed by atoms with Gasteiger partial charge in [-0.3, -0.25) is 4.79 Å². The van der Waals surface area contributed by atoms with Crippen molar-refractivity contribution in [2.24, 2.45) is 5.92 Å². The smallest absolute Gasteiger partial charge is 0.255 e. The number of halogens is 1. The number of nitrogens with one attached hydrogen (secondary N) is 1. The van der Waals surface area contributed by atoms with Gasteiger partial charge in [0.15, 0.2) is 0 Å². The van der Waals surface area contributed by atoms with E-state index in [1.54, 1.807) is 12.1 Å². The highest BCUT2D eigenvalue weighted by Gasteiger charge is 2.19. The monoisotopic (exact) mass is 323 g/mol. The molecule has 0 aliphatic heterocycles. The number of amides is 1. The van der Waals surface area contributed by atoms with E-state index < -0.39 is 0 Å². The number of carbonyl (C=O) groups is 1. The minimum absolute atomic E-state index is 0.0484. The molecule has 2 rings (SSSR count). The summed E-state index contributed by atoms with van der Waals surface area (Å²) in [6.07, 6.45) is 7.34. The highest BCUT2D eigenvalue weighted by molar-refractivity contribution is 6.29. The maximum atomic E-state index is 12.5. The van der Waals surface area contributed by atoms with Crippen LogP contribution in [0.15, 0.2) is 12.1 Å². The van der Waals surface area contributed by atoms with Crippen LogP contribution in [0.3, 0.4) is 0 Å². The molecule has 0 unspecified atom stereocenters. The molecule has 1 aliphatic carbocycles. The number of anilines is 1. The molecule has 1 heterocycles. The van der Waals surface area contributed by atoms with E-state index in [-0.39, 0.29) is 5.91 Å². The molecule has 0 radical (unpaired) electrons. The van der Waals surface area contributed by atoms with Gasteiger partial charge in [0.2, 0.25) is 0 Å². The Labute approximate surface area is 138 Å². The molecule has 1 N–H and O–H groups in total. The number of nitrogens with zero attached hydrogens (tertiary/aromatic N) is 2. The number of carbonyl (C=O) groups excluding carboxylic acids is 1. The van der Waals surface area contributed by atoms with Crippen LogP contribution >= 0.6 is 11.6 Å². The first-order chi connectivity index (χ1) is 10.6. The molecular weight excluding hydrogens is 298 g/mol. The lowest BCUT2D eigenvalue weighted by atomic mass is 9.89. The molecule has 22 heavy (non-hydrogen) atoms. The van der Waals surface area contributed by atoms with E-state index in [1.807, 2.05) is 11.9 Å². The molecule has 0 saturated heterocycles. The quantitative estimate of drug-likeness (QED) is 0.808. The molecule has 0 atom stereocenters. The fourth-order valence-electron chi connectivity index (χ4n) is 3.06. The van der Waals surface area contributed by atoms with Crippen LogP contribution in [0.4, 0.5) is 5.82 Å². The van der Waals surface area contributed by atoms with Crippen molar-refractivity contribution >= 4 is 23.3 Å². The molecule has 1 aromatic heterocycles. The first-order valence-corrected chi connectivity index (χ1v) is 8.65. The maximum absolute atomic E-state index is 12.5. The van der Waals surface area contributed by atoms with E-state index in [0.717, 1.165) is 19.5 Å². The Bertz CT molecular complexity index is 501. The lowest BCUT2D eigenvalue weighted by molar-refractivity contribution is 0.0944. The number of aromatic nitrogens is 1. The second kappa shape index (κ2) is 8.37. The molecule has 1 aromatic rings. The van der Waals surface area contributed by atoms with Crippen LogP contribution in [0.2, 0.25) is 5.15 Å². The van der Waals surface area contributed by atoms with Crippen LogP contribution < -0.4 is 10.2 Å². The molecule has 1 aliphatic rings. The van der Waals surface area contributed by atoms with E-state index in [4.69, 9.17) is 11.6 Å². The van der Waals surface area contributed by atoms with Crippen molar-refractivity contribution in [1.82, 2.24) is 10.3 Å². The zero-order valence-corrected chi connectivity index (χ0v) is 14.3. The van der Waals surface area contributed by atoms with Gasteiger partial charge in [0.25, 0.3) is 5.91 Å². The van der Waals surface area contributed by atoms with Gasteiger partial charge >= 0.3 is 0 Å². The summed E-state index contributed by atoms with van der Waals surface area (Å²) in [6.45, 7) is 3.71. The van der Waals surface area contributed by atoms with Gasteiger partial charge in [0.1, 0.15) is 11.0 Å². The summed E-state index contributed by atoms with van der Waals surface area (Å²) in [5.74, 6) is 1.23. The van der Waals surface area contributed by atoms with Crippen molar-refractivity contribution in [3.05, 3.63) is 22.8 Å². The van der Waals surface area contributed by atoms with Gasteiger partial charge in [-0.2, -0.15) is 0 Å². The number of rotatable bonds is 6. The lowest BCUT2D eigenvalue weighted by Gasteiger charge is -2.23. The topological polar surface area (TPSA) is 45.2 Å². The molecule has 122 valence electrons. The summed E-state index contributed by atoms with van der Waals surface area (Å²) in [4.78, 5) is 18.8. The predicted octanol–water partition coefficient (Wildman–Crippen LogP) is 3.89. The zero-order valence-electron chi connectivity index (χ0n) is 13.6. The molecule has 4 nitrogen and oxygen atoms in total. The third kappa shape index (κ3) is 4.60. The molecule has 1 amide bonds. The molecule has 0 spiro atoms. The van der Waals surface area contributed by atoms with Gasteiger partial charge in [0.05, 0.1) is 5.56 Å². The van der Waals surface area contributed by atoms with Crippen LogP contribution in [0.1, 0.15) is 55.8 Å². The highest BCUT2D eigenvalue weighted by atomic mass is 35.5. The second-order valence-electron chi connectivity index (χ2n) is 6.14. The predicted molar refractivity (Wildman–Crippen MR) is 91.7 cm³/mol. The van der Waals surface area contributed by atoms with Crippen molar-refractivity contribution in [2.45, 2.75) is 45.4 Å². The van der Waals surface area contributed by atoms with Gasteiger partial charge in [0, 0.05) is 20.1 Å². The normalized spacial score (nSPS) is 15.6. The Morgan fingerprint density at radius 1 is 1.36 bits per heavy atom. The summed E-state index contributed by atoms with van der Waals surface area (Å²) >= 11 is 6.00. The first kappa shape index (κ1) is 17.1. The summed E-state index contributed by atoms with van der Waals surface area (Å²) in [5, 5.41) is 3.50. The Hall–Kier alpha value is -1.29. The van der Waals surface area contributed by atoms with Gasteiger partial charge in [-0.1, -0.05) is 37.8 Å². The van der Waals surface area contributed by atoms with Crippen molar-refractivity contribution in [2.75, 3.05) is 25.0 Å².